The van der Waals surface area contributed by atoms with Gasteiger partial charge in [0.25, 0.3) is 0 Å². The number of rotatable bonds is 3. The smallest absolute Gasteiger partial charge is 0.243 e. The maximum absolute atomic E-state index is 12.7. The van der Waals surface area contributed by atoms with E-state index >= 15 is 0 Å². The third kappa shape index (κ3) is 3.04. The molecule has 0 bridgehead atoms. The Morgan fingerprint density at radius 1 is 1.40 bits per heavy atom. The molecule has 0 saturated carbocycles. The van der Waals surface area contributed by atoms with Crippen LogP contribution in [0.5, 0.6) is 0 Å². The lowest BCUT2D eigenvalue weighted by Gasteiger charge is -2.33. The predicted molar refractivity (Wildman–Crippen MR) is 79.4 cm³/mol. The van der Waals surface area contributed by atoms with Gasteiger partial charge in [-0.25, -0.2) is 8.42 Å². The third-order valence-electron chi connectivity index (χ3n) is 3.45. The van der Waals surface area contributed by atoms with Gasteiger partial charge in [-0.2, -0.15) is 9.57 Å². The molecule has 0 aliphatic carbocycles. The first kappa shape index (κ1) is 15.4. The van der Waals surface area contributed by atoms with Crippen molar-refractivity contribution in [2.45, 2.75) is 30.2 Å². The molecule has 108 valence electrons. The molecule has 0 radical (unpaired) electrons. The molecule has 0 amide bonds. The molecule has 1 fully saturated rings. The van der Waals surface area contributed by atoms with E-state index in [1.54, 1.807) is 6.07 Å². The maximum atomic E-state index is 12.7. The number of hydrogen-bond donors (Lipinski definition) is 1. The first-order valence-electron chi connectivity index (χ1n) is 6.41. The van der Waals surface area contributed by atoms with Crippen LogP contribution >= 0.6 is 15.9 Å². The van der Waals surface area contributed by atoms with Crippen LogP contribution in [0.4, 0.5) is 0 Å². The van der Waals surface area contributed by atoms with E-state index in [0.29, 0.717) is 23.1 Å². The largest absolute Gasteiger partial charge is 0.329 e. The Bertz CT molecular complexity index is 640. The highest BCUT2D eigenvalue weighted by molar-refractivity contribution is 9.10. The van der Waals surface area contributed by atoms with E-state index in [4.69, 9.17) is 11.0 Å². The first-order chi connectivity index (χ1) is 9.48. The fourth-order valence-corrected chi connectivity index (χ4v) is 4.86. The van der Waals surface area contributed by atoms with E-state index in [0.717, 1.165) is 19.3 Å². The van der Waals surface area contributed by atoms with Crippen molar-refractivity contribution in [1.29, 1.82) is 5.26 Å². The average molecular weight is 358 g/mol. The fraction of sp³-hybridized carbons (Fsp3) is 0.462. The Morgan fingerprint density at radius 2 is 2.15 bits per heavy atom. The Labute approximate surface area is 127 Å². The molecule has 7 heteroatoms. The minimum atomic E-state index is -3.61. The van der Waals surface area contributed by atoms with Gasteiger partial charge in [0.15, 0.2) is 0 Å². The molecule has 1 atom stereocenters. The minimum Gasteiger partial charge on any atom is -0.329 e. The topological polar surface area (TPSA) is 87.2 Å². The predicted octanol–water partition coefficient (Wildman–Crippen LogP) is 1.82. The van der Waals surface area contributed by atoms with Crippen molar-refractivity contribution < 1.29 is 8.42 Å². The standard InChI is InChI=1S/C13H16BrN3O2S/c14-11-5-10(8-15)6-13(7-11)20(18,19)17-4-2-1-3-12(17)9-16/h5-7,12H,1-4,9,16H2. The van der Waals surface area contributed by atoms with Gasteiger partial charge in [-0.05, 0) is 31.0 Å². The number of nitrogens with two attached hydrogens (primary N) is 1. The van der Waals surface area contributed by atoms with Gasteiger partial charge in [0.05, 0.1) is 16.5 Å². The second kappa shape index (κ2) is 6.22. The van der Waals surface area contributed by atoms with Crippen molar-refractivity contribution in [2.24, 2.45) is 5.73 Å². The van der Waals surface area contributed by atoms with E-state index in [2.05, 4.69) is 15.9 Å². The molecule has 20 heavy (non-hydrogen) atoms. The number of sulfonamides is 1. The molecule has 5 nitrogen and oxygen atoms in total. The Balaban J connectivity index is 2.44. The number of hydrogen-bond acceptors (Lipinski definition) is 4. The second-order valence-electron chi connectivity index (χ2n) is 4.79. The van der Waals surface area contributed by atoms with Crippen molar-refractivity contribution in [3.05, 3.63) is 28.2 Å². The maximum Gasteiger partial charge on any atom is 0.243 e. The molecule has 2 N–H and O–H groups in total. The van der Waals surface area contributed by atoms with Crippen LogP contribution in [0.3, 0.4) is 0 Å². The molecule has 0 spiro atoms. The summed E-state index contributed by atoms with van der Waals surface area (Å²) in [6, 6.07) is 6.34. The summed E-state index contributed by atoms with van der Waals surface area (Å²) in [6.07, 6.45) is 2.62. The number of nitriles is 1. The summed E-state index contributed by atoms with van der Waals surface area (Å²) in [5.74, 6) is 0. The molecule has 1 aromatic rings. The van der Waals surface area contributed by atoms with Gasteiger partial charge < -0.3 is 5.73 Å². The van der Waals surface area contributed by atoms with Gasteiger partial charge >= 0.3 is 0 Å². The zero-order chi connectivity index (χ0) is 14.8. The summed E-state index contributed by atoms with van der Waals surface area (Å²) >= 11 is 3.24. The molecular weight excluding hydrogens is 342 g/mol. The van der Waals surface area contributed by atoms with Gasteiger partial charge in [0.2, 0.25) is 10.0 Å². The summed E-state index contributed by atoms with van der Waals surface area (Å²) in [5.41, 5.74) is 6.01. The third-order valence-corrected chi connectivity index (χ3v) is 5.84. The summed E-state index contributed by atoms with van der Waals surface area (Å²) in [5, 5.41) is 8.96. The number of nitrogens with zero attached hydrogens (tertiary/aromatic N) is 2. The van der Waals surface area contributed by atoms with Crippen LogP contribution in [0.2, 0.25) is 0 Å². The van der Waals surface area contributed by atoms with Gasteiger partial charge in [-0.3, -0.25) is 0 Å². The Hall–Kier alpha value is -0.940. The van der Waals surface area contributed by atoms with Crippen LogP contribution in [0, 0.1) is 11.3 Å². The molecule has 1 aliphatic rings. The average Bonchev–Trinajstić information content (AvgIpc) is 2.46. The molecule has 1 saturated heterocycles. The number of piperidine rings is 1. The first-order valence-corrected chi connectivity index (χ1v) is 8.65. The lowest BCUT2D eigenvalue weighted by Crippen LogP contribution is -2.47. The van der Waals surface area contributed by atoms with Gasteiger partial charge in [0.1, 0.15) is 0 Å². The molecular formula is C13H16BrN3O2S. The summed E-state index contributed by atoms with van der Waals surface area (Å²) in [4.78, 5) is 0.142. The van der Waals surface area contributed by atoms with Crippen LogP contribution in [0.15, 0.2) is 27.6 Å². The van der Waals surface area contributed by atoms with E-state index in [1.165, 1.54) is 16.4 Å². The highest BCUT2D eigenvalue weighted by Crippen LogP contribution is 2.27. The molecule has 1 unspecified atom stereocenters. The SMILES string of the molecule is N#Cc1cc(Br)cc(S(=O)(=O)N2CCCCC2CN)c1. The molecule has 2 rings (SSSR count). The van der Waals surface area contributed by atoms with E-state index < -0.39 is 10.0 Å². The van der Waals surface area contributed by atoms with Crippen molar-refractivity contribution in [3.63, 3.8) is 0 Å². The normalized spacial score (nSPS) is 20.6. The van der Waals surface area contributed by atoms with Crippen LogP contribution in [0.1, 0.15) is 24.8 Å². The van der Waals surface area contributed by atoms with Crippen LogP contribution in [0.25, 0.3) is 0 Å². The van der Waals surface area contributed by atoms with E-state index in [-0.39, 0.29) is 10.9 Å². The zero-order valence-corrected chi connectivity index (χ0v) is 13.3. The van der Waals surface area contributed by atoms with E-state index in [1.807, 2.05) is 6.07 Å². The summed E-state index contributed by atoms with van der Waals surface area (Å²) in [6.45, 7) is 0.803. The highest BCUT2D eigenvalue weighted by atomic mass is 79.9. The summed E-state index contributed by atoms with van der Waals surface area (Å²) < 4.78 is 27.5. The van der Waals surface area contributed by atoms with Gasteiger partial charge in [0, 0.05) is 23.6 Å². The molecule has 1 heterocycles. The quantitative estimate of drug-likeness (QED) is 0.893. The number of benzene rings is 1. The highest BCUT2D eigenvalue weighted by Gasteiger charge is 2.32. The molecule has 1 aromatic carbocycles. The zero-order valence-electron chi connectivity index (χ0n) is 10.9. The minimum absolute atomic E-state index is 0.142. The van der Waals surface area contributed by atoms with Crippen LogP contribution < -0.4 is 5.73 Å². The lowest BCUT2D eigenvalue weighted by molar-refractivity contribution is 0.257. The van der Waals surface area contributed by atoms with Crippen molar-refractivity contribution >= 4 is 26.0 Å². The van der Waals surface area contributed by atoms with Crippen molar-refractivity contribution in [3.8, 4) is 6.07 Å². The Kier molecular flexibility index (Phi) is 4.81. The fourth-order valence-electron chi connectivity index (χ4n) is 2.44. The van der Waals surface area contributed by atoms with Crippen LogP contribution in [-0.4, -0.2) is 31.9 Å². The lowest BCUT2D eigenvalue weighted by atomic mass is 10.1. The number of halogens is 1. The summed E-state index contributed by atoms with van der Waals surface area (Å²) in [7, 11) is -3.61. The monoisotopic (exact) mass is 357 g/mol. The molecule has 1 aliphatic heterocycles. The Morgan fingerprint density at radius 3 is 2.80 bits per heavy atom. The van der Waals surface area contributed by atoms with Crippen molar-refractivity contribution in [2.75, 3.05) is 13.1 Å². The van der Waals surface area contributed by atoms with E-state index in [9.17, 15) is 8.42 Å². The van der Waals surface area contributed by atoms with Gasteiger partial charge in [-0.1, -0.05) is 22.4 Å². The second-order valence-corrected chi connectivity index (χ2v) is 7.59. The van der Waals surface area contributed by atoms with Gasteiger partial charge in [-0.15, -0.1) is 0 Å². The molecule has 0 aromatic heterocycles. The van der Waals surface area contributed by atoms with Crippen molar-refractivity contribution in [1.82, 2.24) is 4.31 Å². The van der Waals surface area contributed by atoms with Crippen LogP contribution in [-0.2, 0) is 10.0 Å².